The lowest BCUT2D eigenvalue weighted by Gasteiger charge is -2.35. The topological polar surface area (TPSA) is 85.9 Å². The highest BCUT2D eigenvalue weighted by Gasteiger charge is 2.31. The third kappa shape index (κ3) is 3.25. The van der Waals surface area contributed by atoms with Crippen molar-refractivity contribution in [3.63, 3.8) is 0 Å². The maximum absolute atomic E-state index is 11.9. The fourth-order valence-corrected chi connectivity index (χ4v) is 3.43. The number of nitrogens with zero attached hydrogens (tertiary/aromatic N) is 3. The Morgan fingerprint density at radius 2 is 2.19 bits per heavy atom. The number of benzene rings is 1. The smallest absolute Gasteiger partial charge is 0.273 e. The van der Waals surface area contributed by atoms with E-state index in [1.54, 1.807) is 0 Å². The van der Waals surface area contributed by atoms with E-state index in [9.17, 15) is 4.79 Å². The Balaban J connectivity index is 1.41. The average Bonchev–Trinajstić information content (AvgIpc) is 3.13. The molecule has 0 spiro atoms. The molecule has 2 aromatic heterocycles. The number of aromatic nitrogens is 3. The van der Waals surface area contributed by atoms with Crippen LogP contribution in [0, 0.1) is 0 Å². The molecule has 7 nitrogen and oxygen atoms in total. The summed E-state index contributed by atoms with van der Waals surface area (Å²) in [7, 11) is 0. The molecule has 0 saturated carbocycles. The van der Waals surface area contributed by atoms with Gasteiger partial charge in [-0.1, -0.05) is 18.2 Å². The van der Waals surface area contributed by atoms with Gasteiger partial charge in [-0.25, -0.2) is 4.98 Å². The maximum Gasteiger partial charge on any atom is 0.273 e. The number of thiol groups is 1. The number of H-pyrrole nitrogens is 1. The van der Waals surface area contributed by atoms with Crippen LogP contribution in [0.4, 0.5) is 5.82 Å². The van der Waals surface area contributed by atoms with E-state index in [-0.39, 0.29) is 11.9 Å². The second-order valence-electron chi connectivity index (χ2n) is 6.42. The highest BCUT2D eigenvalue weighted by Crippen LogP contribution is 2.24. The Labute approximate surface area is 156 Å². The second-order valence-corrected chi connectivity index (χ2v) is 6.91. The number of para-hydroxylation sites is 1. The number of amides is 1. The zero-order chi connectivity index (χ0) is 18.1. The first-order chi connectivity index (χ1) is 12.6. The number of hydrogen-bond donors (Lipinski definition) is 4. The second kappa shape index (κ2) is 6.97. The van der Waals surface area contributed by atoms with Gasteiger partial charge in [0.2, 0.25) is 0 Å². The molecular formula is C18H20N6OS. The van der Waals surface area contributed by atoms with Crippen molar-refractivity contribution in [1.82, 2.24) is 25.6 Å². The van der Waals surface area contributed by atoms with Gasteiger partial charge in [0.05, 0.1) is 11.8 Å². The molecule has 0 bridgehead atoms. The minimum atomic E-state index is -0.398. The molecule has 4 rings (SSSR count). The fourth-order valence-electron chi connectivity index (χ4n) is 3.11. The minimum absolute atomic E-state index is 0.163. The van der Waals surface area contributed by atoms with Gasteiger partial charge in [-0.05, 0) is 24.6 Å². The van der Waals surface area contributed by atoms with Crippen molar-refractivity contribution in [2.45, 2.75) is 25.0 Å². The summed E-state index contributed by atoms with van der Waals surface area (Å²) in [6, 6.07) is 10.4. The molecule has 3 aromatic rings. The number of pyridine rings is 1. The van der Waals surface area contributed by atoms with Crippen LogP contribution in [-0.2, 0) is 6.54 Å². The van der Waals surface area contributed by atoms with E-state index in [0.29, 0.717) is 24.6 Å². The summed E-state index contributed by atoms with van der Waals surface area (Å²) in [5, 5.41) is 7.45. The Morgan fingerprint density at radius 1 is 1.35 bits per heavy atom. The molecule has 0 fully saturated rings. The van der Waals surface area contributed by atoms with Crippen molar-refractivity contribution in [2.75, 3.05) is 11.4 Å². The van der Waals surface area contributed by atoms with Crippen molar-refractivity contribution >= 4 is 35.3 Å². The van der Waals surface area contributed by atoms with Crippen LogP contribution >= 0.6 is 12.6 Å². The van der Waals surface area contributed by atoms with Crippen molar-refractivity contribution < 1.29 is 4.79 Å². The molecule has 1 aliphatic heterocycles. The quantitative estimate of drug-likeness (QED) is 0.517. The molecule has 1 aromatic carbocycles. The van der Waals surface area contributed by atoms with Crippen LogP contribution in [0.1, 0.15) is 23.0 Å². The number of carbonyl (C=O) groups excluding carboxylic acids is 1. The largest absolute Gasteiger partial charge is 0.339 e. The van der Waals surface area contributed by atoms with Crippen LogP contribution < -0.4 is 15.5 Å². The predicted molar refractivity (Wildman–Crippen MR) is 104 cm³/mol. The van der Waals surface area contributed by atoms with Crippen LogP contribution in [0.2, 0.25) is 0 Å². The zero-order valence-electron chi connectivity index (χ0n) is 14.3. The predicted octanol–water partition coefficient (Wildman–Crippen LogP) is 1.90. The van der Waals surface area contributed by atoms with E-state index in [4.69, 9.17) is 0 Å². The van der Waals surface area contributed by atoms with Gasteiger partial charge in [0.25, 0.3) is 5.91 Å². The SMILES string of the molecule is CC(CN1c2nc[nH]c2C(=O)NC1S)NCc1cnc2ccccc2c1. The van der Waals surface area contributed by atoms with E-state index in [1.165, 1.54) is 6.33 Å². The van der Waals surface area contributed by atoms with Gasteiger partial charge in [0, 0.05) is 30.7 Å². The molecule has 0 aliphatic carbocycles. The highest BCUT2D eigenvalue weighted by molar-refractivity contribution is 7.81. The third-order valence-corrected chi connectivity index (χ3v) is 4.85. The van der Waals surface area contributed by atoms with Gasteiger partial charge < -0.3 is 20.5 Å². The number of imidazole rings is 1. The number of aromatic amines is 1. The fraction of sp³-hybridized carbons (Fsp3) is 0.278. The number of nitrogens with one attached hydrogen (secondary N) is 3. The number of anilines is 1. The lowest BCUT2D eigenvalue weighted by molar-refractivity contribution is 0.0937. The minimum Gasteiger partial charge on any atom is -0.339 e. The molecule has 3 heterocycles. The Hall–Kier alpha value is -2.58. The van der Waals surface area contributed by atoms with Gasteiger partial charge in [-0.15, -0.1) is 12.6 Å². The number of hydrogen-bond acceptors (Lipinski definition) is 6. The van der Waals surface area contributed by atoms with Gasteiger partial charge in [-0.3, -0.25) is 9.78 Å². The Morgan fingerprint density at radius 3 is 3.08 bits per heavy atom. The van der Waals surface area contributed by atoms with Crippen LogP contribution in [0.15, 0.2) is 42.9 Å². The normalized spacial score (nSPS) is 17.8. The van der Waals surface area contributed by atoms with Crippen molar-refractivity contribution in [2.24, 2.45) is 0 Å². The van der Waals surface area contributed by atoms with Gasteiger partial charge in [0.15, 0.2) is 5.82 Å². The number of fused-ring (bicyclic) bond motifs is 2. The summed E-state index contributed by atoms with van der Waals surface area (Å²) in [6.45, 7) is 3.47. The molecular weight excluding hydrogens is 348 g/mol. The van der Waals surface area contributed by atoms with Crippen molar-refractivity contribution in [1.29, 1.82) is 0 Å². The van der Waals surface area contributed by atoms with Crippen LogP contribution in [0.25, 0.3) is 10.9 Å². The van der Waals surface area contributed by atoms with Gasteiger partial charge in [-0.2, -0.15) is 0 Å². The van der Waals surface area contributed by atoms with Gasteiger partial charge in [0.1, 0.15) is 11.2 Å². The molecule has 0 radical (unpaired) electrons. The summed E-state index contributed by atoms with van der Waals surface area (Å²) in [6.07, 6.45) is 3.43. The molecule has 2 atom stereocenters. The summed E-state index contributed by atoms with van der Waals surface area (Å²) in [4.78, 5) is 25.5. The van der Waals surface area contributed by atoms with Crippen molar-refractivity contribution in [3.8, 4) is 0 Å². The highest BCUT2D eigenvalue weighted by atomic mass is 32.1. The van der Waals surface area contributed by atoms with Crippen LogP contribution in [0.5, 0.6) is 0 Å². The molecule has 3 N–H and O–H groups in total. The van der Waals surface area contributed by atoms with E-state index in [0.717, 1.165) is 16.5 Å². The lowest BCUT2D eigenvalue weighted by Crippen LogP contribution is -2.53. The number of rotatable bonds is 5. The molecule has 1 aliphatic rings. The molecule has 0 saturated heterocycles. The maximum atomic E-state index is 11.9. The van der Waals surface area contributed by atoms with Gasteiger partial charge >= 0.3 is 0 Å². The first-order valence-electron chi connectivity index (χ1n) is 8.48. The van der Waals surface area contributed by atoms with Crippen LogP contribution in [0.3, 0.4) is 0 Å². The molecule has 8 heteroatoms. The number of carbonyl (C=O) groups is 1. The molecule has 1 amide bonds. The molecule has 26 heavy (non-hydrogen) atoms. The lowest BCUT2D eigenvalue weighted by atomic mass is 10.1. The first-order valence-corrected chi connectivity index (χ1v) is 8.99. The zero-order valence-corrected chi connectivity index (χ0v) is 15.2. The average molecular weight is 368 g/mol. The first kappa shape index (κ1) is 16.9. The van der Waals surface area contributed by atoms with Crippen LogP contribution in [-0.4, -0.2) is 38.9 Å². The summed E-state index contributed by atoms with van der Waals surface area (Å²) < 4.78 is 0. The van der Waals surface area contributed by atoms with E-state index >= 15 is 0 Å². The van der Waals surface area contributed by atoms with E-state index < -0.39 is 5.50 Å². The van der Waals surface area contributed by atoms with E-state index in [2.05, 4.69) is 57.3 Å². The third-order valence-electron chi connectivity index (χ3n) is 4.45. The van der Waals surface area contributed by atoms with Crippen molar-refractivity contribution in [3.05, 3.63) is 54.1 Å². The standard InChI is InChI=1S/C18H20N6OS/c1-11(9-24-16-15(21-10-22-16)17(25)23-18(24)26)19-7-12-6-13-4-2-3-5-14(13)20-8-12/h2-6,8,10-11,18-19,26H,7,9H2,1H3,(H,21,22)(H,23,25). The summed E-state index contributed by atoms with van der Waals surface area (Å²) >= 11 is 4.47. The molecule has 2 unspecified atom stereocenters. The monoisotopic (exact) mass is 368 g/mol. The Kier molecular flexibility index (Phi) is 4.52. The summed E-state index contributed by atoms with van der Waals surface area (Å²) in [5.74, 6) is 0.450. The molecule has 134 valence electrons. The Bertz CT molecular complexity index is 942. The van der Waals surface area contributed by atoms with E-state index in [1.807, 2.05) is 29.3 Å². The summed E-state index contributed by atoms with van der Waals surface area (Å²) in [5.41, 5.74) is 2.20.